The molecule has 4 nitrogen and oxygen atoms in total. The average Bonchev–Trinajstić information content (AvgIpc) is 2.88. The molecular weight excluding hydrogens is 305 g/mol. The van der Waals surface area contributed by atoms with E-state index in [1.165, 1.54) is 0 Å². The number of aryl methyl sites for hydroxylation is 1. The molecule has 2 rings (SSSR count). The molecule has 110 valence electrons. The molecule has 1 saturated carbocycles. The third kappa shape index (κ3) is 4.31. The third-order valence-electron chi connectivity index (χ3n) is 3.33. The van der Waals surface area contributed by atoms with Crippen LogP contribution in [0.4, 0.5) is 0 Å². The Balaban J connectivity index is 0.00000162. The van der Waals surface area contributed by atoms with Crippen LogP contribution in [0, 0.1) is 6.92 Å². The molecule has 1 amide bonds. The highest BCUT2D eigenvalue weighted by atomic mass is 35.5. The van der Waals surface area contributed by atoms with E-state index < -0.39 is 5.54 Å². The van der Waals surface area contributed by atoms with E-state index in [1.807, 2.05) is 20.2 Å². The van der Waals surface area contributed by atoms with E-state index in [-0.39, 0.29) is 30.7 Å². The summed E-state index contributed by atoms with van der Waals surface area (Å²) >= 11 is 1.63. The summed E-state index contributed by atoms with van der Waals surface area (Å²) in [5, 5.41) is 1.03. The van der Waals surface area contributed by atoms with Crippen molar-refractivity contribution in [1.82, 2.24) is 9.88 Å². The first-order chi connectivity index (χ1) is 8.01. The maximum Gasteiger partial charge on any atom is 0.242 e. The number of carbonyl (C=O) groups is 1. The lowest BCUT2D eigenvalue weighted by Crippen LogP contribution is -2.52. The topological polar surface area (TPSA) is 59.2 Å². The molecule has 0 saturated heterocycles. The molecule has 1 aliphatic carbocycles. The molecule has 0 aromatic carbocycles. The van der Waals surface area contributed by atoms with Crippen molar-refractivity contribution in [2.45, 2.75) is 44.7 Å². The molecule has 19 heavy (non-hydrogen) atoms. The van der Waals surface area contributed by atoms with Crippen LogP contribution in [0.1, 0.15) is 35.6 Å². The van der Waals surface area contributed by atoms with Crippen molar-refractivity contribution >= 4 is 42.1 Å². The standard InChI is InChI=1S/C12H19N3OS.2ClH/c1-9-14-7-10(17-9)8-15(2)11(16)12(13)5-3-4-6-12;;/h7H,3-6,8,13H2,1-2H3;2*1H. The molecule has 1 fully saturated rings. The molecule has 2 N–H and O–H groups in total. The number of halogens is 2. The summed E-state index contributed by atoms with van der Waals surface area (Å²) in [4.78, 5) is 19.3. The maximum absolute atomic E-state index is 12.3. The minimum absolute atomic E-state index is 0. The summed E-state index contributed by atoms with van der Waals surface area (Å²) in [5.74, 6) is 0.0704. The predicted molar refractivity (Wildman–Crippen MR) is 83.2 cm³/mol. The molecule has 0 bridgehead atoms. The lowest BCUT2D eigenvalue weighted by atomic mass is 9.97. The van der Waals surface area contributed by atoms with Crippen LogP contribution in [-0.2, 0) is 11.3 Å². The highest BCUT2D eigenvalue weighted by Gasteiger charge is 2.38. The number of aromatic nitrogens is 1. The molecule has 1 aromatic heterocycles. The van der Waals surface area contributed by atoms with Gasteiger partial charge in [0.2, 0.25) is 5.91 Å². The van der Waals surface area contributed by atoms with Crippen LogP contribution >= 0.6 is 36.2 Å². The highest BCUT2D eigenvalue weighted by molar-refractivity contribution is 7.11. The summed E-state index contributed by atoms with van der Waals surface area (Å²) in [5.41, 5.74) is 5.54. The first-order valence-electron chi connectivity index (χ1n) is 5.97. The Kier molecular flexibility index (Phi) is 7.29. The SMILES string of the molecule is Cc1ncc(CN(C)C(=O)C2(N)CCCC2)s1.Cl.Cl. The van der Waals surface area contributed by atoms with Gasteiger partial charge in [-0.1, -0.05) is 12.8 Å². The van der Waals surface area contributed by atoms with Crippen molar-refractivity contribution in [2.75, 3.05) is 7.05 Å². The van der Waals surface area contributed by atoms with Crippen LogP contribution in [0.15, 0.2) is 6.20 Å². The quantitative estimate of drug-likeness (QED) is 0.928. The molecule has 0 unspecified atom stereocenters. The van der Waals surface area contributed by atoms with E-state index in [4.69, 9.17) is 5.73 Å². The number of amides is 1. The Labute approximate surface area is 130 Å². The second kappa shape index (κ2) is 7.43. The van der Waals surface area contributed by atoms with E-state index in [1.54, 1.807) is 16.2 Å². The van der Waals surface area contributed by atoms with Gasteiger partial charge in [-0.3, -0.25) is 4.79 Å². The van der Waals surface area contributed by atoms with E-state index >= 15 is 0 Å². The van der Waals surface area contributed by atoms with Crippen molar-refractivity contribution < 1.29 is 4.79 Å². The molecule has 1 aromatic rings. The largest absolute Gasteiger partial charge is 0.339 e. The molecule has 0 radical (unpaired) electrons. The average molecular weight is 326 g/mol. The number of likely N-dealkylation sites (N-methyl/N-ethyl adjacent to an activating group) is 1. The summed E-state index contributed by atoms with van der Waals surface area (Å²) in [6.45, 7) is 2.58. The molecular formula is C12H21Cl2N3OS. The van der Waals surface area contributed by atoms with E-state index in [0.717, 1.165) is 35.6 Å². The smallest absolute Gasteiger partial charge is 0.242 e. The highest BCUT2D eigenvalue weighted by Crippen LogP contribution is 2.29. The molecule has 0 spiro atoms. The minimum Gasteiger partial charge on any atom is -0.339 e. The second-order valence-corrected chi connectivity index (χ2v) is 6.19. The van der Waals surface area contributed by atoms with Gasteiger partial charge in [-0.2, -0.15) is 0 Å². The van der Waals surface area contributed by atoms with Gasteiger partial charge in [-0.25, -0.2) is 4.98 Å². The number of nitrogens with two attached hydrogens (primary N) is 1. The van der Waals surface area contributed by atoms with Crippen molar-refractivity contribution in [3.8, 4) is 0 Å². The van der Waals surface area contributed by atoms with Crippen LogP contribution in [-0.4, -0.2) is 28.4 Å². The minimum atomic E-state index is -0.617. The summed E-state index contributed by atoms with van der Waals surface area (Å²) < 4.78 is 0. The molecule has 1 aliphatic rings. The van der Waals surface area contributed by atoms with Crippen LogP contribution < -0.4 is 5.73 Å². The second-order valence-electron chi connectivity index (χ2n) is 4.87. The normalized spacial score (nSPS) is 16.4. The Bertz CT molecular complexity index is 419. The Morgan fingerprint density at radius 2 is 2.05 bits per heavy atom. The van der Waals surface area contributed by atoms with Crippen molar-refractivity contribution in [1.29, 1.82) is 0 Å². The lowest BCUT2D eigenvalue weighted by Gasteiger charge is -2.28. The fourth-order valence-corrected chi connectivity index (χ4v) is 3.23. The zero-order valence-electron chi connectivity index (χ0n) is 11.2. The molecule has 7 heteroatoms. The molecule has 0 aliphatic heterocycles. The van der Waals surface area contributed by atoms with E-state index in [2.05, 4.69) is 4.98 Å². The zero-order chi connectivity index (χ0) is 12.5. The van der Waals surface area contributed by atoms with Crippen molar-refractivity contribution in [3.05, 3.63) is 16.1 Å². The predicted octanol–water partition coefficient (Wildman–Crippen LogP) is 2.53. The summed E-state index contributed by atoms with van der Waals surface area (Å²) in [7, 11) is 1.82. The van der Waals surface area contributed by atoms with Gasteiger partial charge < -0.3 is 10.6 Å². The van der Waals surface area contributed by atoms with Crippen molar-refractivity contribution in [2.24, 2.45) is 5.73 Å². The van der Waals surface area contributed by atoms with E-state index in [9.17, 15) is 4.79 Å². The van der Waals surface area contributed by atoms with Crippen molar-refractivity contribution in [3.63, 3.8) is 0 Å². The lowest BCUT2D eigenvalue weighted by molar-refractivity contribution is -0.136. The van der Waals surface area contributed by atoms with Crippen LogP contribution in [0.2, 0.25) is 0 Å². The number of nitrogens with zero attached hydrogens (tertiary/aromatic N) is 2. The summed E-state index contributed by atoms with van der Waals surface area (Å²) in [6, 6.07) is 0. The fraction of sp³-hybridized carbons (Fsp3) is 0.667. The third-order valence-corrected chi connectivity index (χ3v) is 4.23. The fourth-order valence-electron chi connectivity index (χ4n) is 2.38. The van der Waals surface area contributed by atoms with Gasteiger partial charge in [0.25, 0.3) is 0 Å². The van der Waals surface area contributed by atoms with Crippen LogP contribution in [0.25, 0.3) is 0 Å². The van der Waals surface area contributed by atoms with Crippen LogP contribution in [0.5, 0.6) is 0 Å². The Hall–Kier alpha value is -0.360. The van der Waals surface area contributed by atoms with Gasteiger partial charge in [0.15, 0.2) is 0 Å². The zero-order valence-corrected chi connectivity index (χ0v) is 13.7. The monoisotopic (exact) mass is 325 g/mol. The van der Waals surface area contributed by atoms with Gasteiger partial charge in [-0.15, -0.1) is 36.2 Å². The number of rotatable bonds is 3. The number of thiazole rings is 1. The summed E-state index contributed by atoms with van der Waals surface area (Å²) in [6.07, 6.45) is 5.60. The van der Waals surface area contributed by atoms with Crippen LogP contribution in [0.3, 0.4) is 0 Å². The van der Waals surface area contributed by atoms with Gasteiger partial charge in [-0.05, 0) is 19.8 Å². The van der Waals surface area contributed by atoms with Gasteiger partial charge in [0.1, 0.15) is 0 Å². The number of hydrogen-bond donors (Lipinski definition) is 1. The Morgan fingerprint density at radius 1 is 1.47 bits per heavy atom. The van der Waals surface area contributed by atoms with Gasteiger partial charge in [0.05, 0.1) is 17.1 Å². The number of carbonyl (C=O) groups excluding carboxylic acids is 1. The number of hydrogen-bond acceptors (Lipinski definition) is 4. The van der Waals surface area contributed by atoms with Gasteiger partial charge in [0, 0.05) is 18.1 Å². The molecule has 0 atom stereocenters. The maximum atomic E-state index is 12.3. The first kappa shape index (κ1) is 18.6. The Morgan fingerprint density at radius 3 is 2.53 bits per heavy atom. The van der Waals surface area contributed by atoms with Gasteiger partial charge >= 0.3 is 0 Å². The molecule has 1 heterocycles. The first-order valence-corrected chi connectivity index (χ1v) is 6.79. The van der Waals surface area contributed by atoms with E-state index in [0.29, 0.717) is 6.54 Å².